The van der Waals surface area contributed by atoms with Crippen molar-refractivity contribution in [3.63, 3.8) is 0 Å². The summed E-state index contributed by atoms with van der Waals surface area (Å²) in [6.07, 6.45) is 7.38. The lowest BCUT2D eigenvalue weighted by molar-refractivity contribution is 0.220. The number of fused-ring (bicyclic) bond motifs is 1. The van der Waals surface area contributed by atoms with E-state index in [1.165, 1.54) is 43.4 Å². The van der Waals surface area contributed by atoms with Crippen LogP contribution in [-0.2, 0) is 6.42 Å². The van der Waals surface area contributed by atoms with Crippen molar-refractivity contribution >= 4 is 0 Å². The summed E-state index contributed by atoms with van der Waals surface area (Å²) >= 11 is 0. The number of nitrogens with one attached hydrogen (secondary N) is 1. The first kappa shape index (κ1) is 15.6. The minimum absolute atomic E-state index is 0.331. The van der Waals surface area contributed by atoms with Crippen molar-refractivity contribution in [2.45, 2.75) is 85.2 Å². The standard InChI is InChI=1S/C18H31NO/c1-6-8-9-14(7-2)19-16-11-18(4,5)12-17-15(16)10-13(3)20-17/h10,14,16,19H,6-9,11-12H2,1-5H3. The van der Waals surface area contributed by atoms with Crippen LogP contribution in [0.2, 0.25) is 0 Å². The van der Waals surface area contributed by atoms with Gasteiger partial charge in [0.2, 0.25) is 0 Å². The molecule has 20 heavy (non-hydrogen) atoms. The van der Waals surface area contributed by atoms with E-state index in [-0.39, 0.29) is 0 Å². The minimum atomic E-state index is 0.331. The van der Waals surface area contributed by atoms with Gasteiger partial charge in [0.25, 0.3) is 0 Å². The highest BCUT2D eigenvalue weighted by atomic mass is 16.3. The van der Waals surface area contributed by atoms with Crippen molar-refractivity contribution in [1.82, 2.24) is 5.32 Å². The Morgan fingerprint density at radius 2 is 2.15 bits per heavy atom. The van der Waals surface area contributed by atoms with Crippen LogP contribution in [0.15, 0.2) is 10.5 Å². The summed E-state index contributed by atoms with van der Waals surface area (Å²) in [6, 6.07) is 3.35. The molecule has 0 aromatic carbocycles. The fourth-order valence-electron chi connectivity index (χ4n) is 3.47. The Bertz CT molecular complexity index is 433. The van der Waals surface area contributed by atoms with Gasteiger partial charge in [0.1, 0.15) is 11.5 Å². The highest BCUT2D eigenvalue weighted by molar-refractivity contribution is 5.29. The van der Waals surface area contributed by atoms with E-state index in [0.29, 0.717) is 17.5 Å². The van der Waals surface area contributed by atoms with E-state index in [9.17, 15) is 0 Å². The maximum atomic E-state index is 5.93. The predicted octanol–water partition coefficient (Wildman–Crippen LogP) is 5.16. The highest BCUT2D eigenvalue weighted by Crippen LogP contribution is 2.42. The first-order chi connectivity index (χ1) is 9.45. The lowest BCUT2D eigenvalue weighted by atomic mass is 9.74. The minimum Gasteiger partial charge on any atom is -0.466 e. The van der Waals surface area contributed by atoms with Crippen LogP contribution in [0.1, 0.15) is 82.9 Å². The van der Waals surface area contributed by atoms with E-state index in [4.69, 9.17) is 4.42 Å². The molecule has 2 nitrogen and oxygen atoms in total. The van der Waals surface area contributed by atoms with E-state index in [2.05, 4.69) is 46.0 Å². The van der Waals surface area contributed by atoms with Gasteiger partial charge in [-0.1, -0.05) is 40.5 Å². The normalized spacial score (nSPS) is 22.6. The van der Waals surface area contributed by atoms with E-state index >= 15 is 0 Å². The first-order valence-electron chi connectivity index (χ1n) is 8.30. The Morgan fingerprint density at radius 3 is 2.80 bits per heavy atom. The molecule has 1 aliphatic carbocycles. The number of hydrogen-bond acceptors (Lipinski definition) is 2. The molecule has 0 saturated heterocycles. The summed E-state index contributed by atoms with van der Waals surface area (Å²) < 4.78 is 5.93. The summed E-state index contributed by atoms with van der Waals surface area (Å²) in [5, 5.41) is 3.91. The van der Waals surface area contributed by atoms with Gasteiger partial charge in [-0.3, -0.25) is 0 Å². The topological polar surface area (TPSA) is 25.2 Å². The van der Waals surface area contributed by atoms with Crippen LogP contribution in [0.25, 0.3) is 0 Å². The van der Waals surface area contributed by atoms with Crippen molar-refractivity contribution in [2.75, 3.05) is 0 Å². The van der Waals surface area contributed by atoms with Gasteiger partial charge < -0.3 is 9.73 Å². The molecule has 2 atom stereocenters. The maximum absolute atomic E-state index is 5.93. The molecule has 114 valence electrons. The summed E-state index contributed by atoms with van der Waals surface area (Å²) in [6.45, 7) is 11.3. The van der Waals surface area contributed by atoms with Gasteiger partial charge in [0.15, 0.2) is 0 Å². The smallest absolute Gasteiger partial charge is 0.109 e. The Morgan fingerprint density at radius 1 is 1.40 bits per heavy atom. The number of unbranched alkanes of at least 4 members (excludes halogenated alkanes) is 1. The lowest BCUT2D eigenvalue weighted by Gasteiger charge is -2.36. The summed E-state index contributed by atoms with van der Waals surface area (Å²) in [5.41, 5.74) is 1.75. The van der Waals surface area contributed by atoms with E-state index in [1.54, 1.807) is 0 Å². The van der Waals surface area contributed by atoms with Crippen LogP contribution in [0, 0.1) is 12.3 Å². The molecule has 0 amide bonds. The second kappa shape index (κ2) is 6.34. The molecule has 2 unspecified atom stereocenters. The molecular weight excluding hydrogens is 246 g/mol. The predicted molar refractivity (Wildman–Crippen MR) is 85.0 cm³/mol. The molecule has 1 aromatic rings. The van der Waals surface area contributed by atoms with Gasteiger partial charge in [-0.2, -0.15) is 0 Å². The third-order valence-corrected chi connectivity index (χ3v) is 4.57. The quantitative estimate of drug-likeness (QED) is 0.777. The molecule has 0 radical (unpaired) electrons. The van der Waals surface area contributed by atoms with Crippen LogP contribution >= 0.6 is 0 Å². The fraction of sp³-hybridized carbons (Fsp3) is 0.778. The van der Waals surface area contributed by atoms with Gasteiger partial charge in [0, 0.05) is 24.1 Å². The molecule has 0 spiro atoms. The Balaban J connectivity index is 2.13. The summed E-state index contributed by atoms with van der Waals surface area (Å²) in [5.74, 6) is 2.27. The van der Waals surface area contributed by atoms with Gasteiger partial charge in [-0.05, 0) is 37.7 Å². The molecular formula is C18H31NO. The van der Waals surface area contributed by atoms with Gasteiger partial charge in [-0.25, -0.2) is 0 Å². The van der Waals surface area contributed by atoms with Gasteiger partial charge in [0.05, 0.1) is 0 Å². The Kier molecular flexibility index (Phi) is 4.95. The van der Waals surface area contributed by atoms with E-state index in [1.807, 2.05) is 0 Å². The molecule has 0 aliphatic heterocycles. The number of aryl methyl sites for hydroxylation is 1. The van der Waals surface area contributed by atoms with Crippen LogP contribution in [0.3, 0.4) is 0 Å². The highest BCUT2D eigenvalue weighted by Gasteiger charge is 2.35. The second-order valence-electron chi connectivity index (χ2n) is 7.25. The molecule has 0 saturated carbocycles. The number of hydrogen-bond donors (Lipinski definition) is 1. The monoisotopic (exact) mass is 277 g/mol. The SMILES string of the molecule is CCCCC(CC)NC1CC(C)(C)Cc2oc(C)cc21. The Hall–Kier alpha value is -0.760. The van der Waals surface area contributed by atoms with Crippen molar-refractivity contribution in [3.8, 4) is 0 Å². The first-order valence-corrected chi connectivity index (χ1v) is 8.30. The third kappa shape index (κ3) is 3.66. The van der Waals surface area contributed by atoms with Crippen molar-refractivity contribution in [3.05, 3.63) is 23.2 Å². The van der Waals surface area contributed by atoms with Crippen LogP contribution < -0.4 is 5.32 Å². The van der Waals surface area contributed by atoms with Crippen molar-refractivity contribution in [1.29, 1.82) is 0 Å². The second-order valence-corrected chi connectivity index (χ2v) is 7.25. The van der Waals surface area contributed by atoms with Crippen LogP contribution in [0.4, 0.5) is 0 Å². The van der Waals surface area contributed by atoms with Crippen LogP contribution in [0.5, 0.6) is 0 Å². The zero-order chi connectivity index (χ0) is 14.8. The number of rotatable bonds is 6. The number of furan rings is 1. The third-order valence-electron chi connectivity index (χ3n) is 4.57. The average molecular weight is 277 g/mol. The zero-order valence-electron chi connectivity index (χ0n) is 13.9. The summed E-state index contributed by atoms with van der Waals surface area (Å²) in [7, 11) is 0. The van der Waals surface area contributed by atoms with Gasteiger partial charge in [-0.15, -0.1) is 0 Å². The van der Waals surface area contributed by atoms with Crippen LogP contribution in [-0.4, -0.2) is 6.04 Å². The molecule has 2 rings (SSSR count). The molecule has 1 heterocycles. The maximum Gasteiger partial charge on any atom is 0.109 e. The lowest BCUT2D eigenvalue weighted by Crippen LogP contribution is -2.38. The van der Waals surface area contributed by atoms with E-state index < -0.39 is 0 Å². The zero-order valence-corrected chi connectivity index (χ0v) is 13.9. The van der Waals surface area contributed by atoms with Crippen molar-refractivity contribution < 1.29 is 4.42 Å². The molecule has 1 aliphatic rings. The molecule has 1 aromatic heterocycles. The fourth-order valence-corrected chi connectivity index (χ4v) is 3.47. The van der Waals surface area contributed by atoms with Crippen molar-refractivity contribution in [2.24, 2.45) is 5.41 Å². The summed E-state index contributed by atoms with van der Waals surface area (Å²) in [4.78, 5) is 0. The van der Waals surface area contributed by atoms with Gasteiger partial charge >= 0.3 is 0 Å². The molecule has 0 bridgehead atoms. The average Bonchev–Trinajstić information content (AvgIpc) is 2.73. The van der Waals surface area contributed by atoms with E-state index in [0.717, 1.165) is 12.2 Å². The Labute approximate surface area is 124 Å². The molecule has 0 fully saturated rings. The molecule has 1 N–H and O–H groups in total. The molecule has 2 heteroatoms. The largest absolute Gasteiger partial charge is 0.466 e.